The Labute approximate surface area is 141 Å². The molecule has 3 aromatic rings. The SMILES string of the molecule is Bc1ccc2nc(Nc3ccc(C(=O)NC(C)C)cc3)ncc2c1. The topological polar surface area (TPSA) is 66.9 Å². The Morgan fingerprint density at radius 2 is 1.88 bits per heavy atom. The molecule has 2 aromatic carbocycles. The molecule has 1 aromatic heterocycles. The maximum atomic E-state index is 11.9. The predicted molar refractivity (Wildman–Crippen MR) is 100 cm³/mol. The van der Waals surface area contributed by atoms with Gasteiger partial charge in [0.2, 0.25) is 5.95 Å². The zero-order chi connectivity index (χ0) is 17.1. The second kappa shape index (κ2) is 6.70. The molecule has 1 amide bonds. The van der Waals surface area contributed by atoms with Crippen molar-refractivity contribution in [1.82, 2.24) is 15.3 Å². The summed E-state index contributed by atoms with van der Waals surface area (Å²) in [7, 11) is 2.04. The largest absolute Gasteiger partial charge is 0.350 e. The molecule has 3 rings (SSSR count). The number of nitrogens with one attached hydrogen (secondary N) is 2. The van der Waals surface area contributed by atoms with Gasteiger partial charge in [-0.2, -0.15) is 0 Å². The van der Waals surface area contributed by atoms with Crippen LogP contribution in [-0.2, 0) is 0 Å². The molecule has 0 saturated carbocycles. The summed E-state index contributed by atoms with van der Waals surface area (Å²) in [5, 5.41) is 7.05. The van der Waals surface area contributed by atoms with E-state index in [0.717, 1.165) is 16.6 Å². The average molecular weight is 318 g/mol. The summed E-state index contributed by atoms with van der Waals surface area (Å²) in [5.74, 6) is 0.458. The van der Waals surface area contributed by atoms with Crippen LogP contribution in [0.25, 0.3) is 10.9 Å². The van der Waals surface area contributed by atoms with E-state index in [1.54, 1.807) is 12.1 Å². The van der Waals surface area contributed by atoms with E-state index in [9.17, 15) is 4.79 Å². The van der Waals surface area contributed by atoms with E-state index in [1.807, 2.05) is 52.2 Å². The van der Waals surface area contributed by atoms with Crippen LogP contribution < -0.4 is 16.1 Å². The van der Waals surface area contributed by atoms with Gasteiger partial charge in [-0.3, -0.25) is 4.79 Å². The summed E-state index contributed by atoms with van der Waals surface area (Å²) in [6.07, 6.45) is 1.81. The quantitative estimate of drug-likeness (QED) is 0.720. The molecule has 5 nitrogen and oxygen atoms in total. The molecule has 0 radical (unpaired) electrons. The lowest BCUT2D eigenvalue weighted by molar-refractivity contribution is 0.0943. The first-order valence-electron chi connectivity index (χ1n) is 7.92. The van der Waals surface area contributed by atoms with Crippen molar-refractivity contribution >= 4 is 41.8 Å². The van der Waals surface area contributed by atoms with Gasteiger partial charge in [0.15, 0.2) is 0 Å². The van der Waals surface area contributed by atoms with E-state index in [1.165, 1.54) is 5.46 Å². The molecule has 0 aliphatic carbocycles. The van der Waals surface area contributed by atoms with Crippen molar-refractivity contribution in [3.8, 4) is 0 Å². The molecule has 1 heterocycles. The number of fused-ring (bicyclic) bond motifs is 1. The van der Waals surface area contributed by atoms with Crippen LogP contribution in [-0.4, -0.2) is 29.8 Å². The highest BCUT2D eigenvalue weighted by Gasteiger charge is 2.07. The highest BCUT2D eigenvalue weighted by Crippen LogP contribution is 2.16. The van der Waals surface area contributed by atoms with Crippen LogP contribution in [0.3, 0.4) is 0 Å². The second-order valence-corrected chi connectivity index (χ2v) is 6.09. The maximum Gasteiger partial charge on any atom is 0.251 e. The van der Waals surface area contributed by atoms with E-state index >= 15 is 0 Å². The number of anilines is 2. The lowest BCUT2D eigenvalue weighted by atomic mass is 9.95. The summed E-state index contributed by atoms with van der Waals surface area (Å²) in [6, 6.07) is 13.4. The molecule has 24 heavy (non-hydrogen) atoms. The monoisotopic (exact) mass is 318 g/mol. The van der Waals surface area contributed by atoms with Crippen molar-refractivity contribution in [2.75, 3.05) is 5.32 Å². The fraction of sp³-hybridized carbons (Fsp3) is 0.167. The fourth-order valence-electron chi connectivity index (χ4n) is 2.39. The van der Waals surface area contributed by atoms with Crippen LogP contribution >= 0.6 is 0 Å². The highest BCUT2D eigenvalue weighted by molar-refractivity contribution is 6.33. The lowest BCUT2D eigenvalue weighted by Crippen LogP contribution is -2.29. The van der Waals surface area contributed by atoms with Crippen LogP contribution in [0.1, 0.15) is 24.2 Å². The highest BCUT2D eigenvalue weighted by atomic mass is 16.1. The maximum absolute atomic E-state index is 11.9. The summed E-state index contributed by atoms with van der Waals surface area (Å²) in [4.78, 5) is 20.8. The smallest absolute Gasteiger partial charge is 0.251 e. The number of carbonyl (C=O) groups is 1. The normalized spacial score (nSPS) is 10.8. The van der Waals surface area contributed by atoms with E-state index in [-0.39, 0.29) is 11.9 Å². The standard InChI is InChI=1S/C18H19BN4O/c1-11(2)21-17(24)12-3-6-15(7-4-12)22-18-20-10-13-9-14(19)5-8-16(13)23-18/h3-11H,19H2,1-2H3,(H,21,24)(H,20,22,23). The minimum Gasteiger partial charge on any atom is -0.350 e. The Hall–Kier alpha value is -2.89. The predicted octanol–water partition coefficient (Wildman–Crippen LogP) is 1.77. The molecule has 0 atom stereocenters. The Bertz CT molecular complexity index is 878. The van der Waals surface area contributed by atoms with Gasteiger partial charge in [0.1, 0.15) is 7.85 Å². The molecular formula is C18H19BN4O. The summed E-state index contributed by atoms with van der Waals surface area (Å²) >= 11 is 0. The zero-order valence-electron chi connectivity index (χ0n) is 14.0. The van der Waals surface area contributed by atoms with Gasteiger partial charge in [0.25, 0.3) is 5.91 Å². The molecule has 0 unspecified atom stereocenters. The Kier molecular flexibility index (Phi) is 4.47. The first kappa shape index (κ1) is 16.0. The van der Waals surface area contributed by atoms with Gasteiger partial charge >= 0.3 is 0 Å². The number of benzene rings is 2. The van der Waals surface area contributed by atoms with Crippen LogP contribution in [0, 0.1) is 0 Å². The molecule has 0 fully saturated rings. The van der Waals surface area contributed by atoms with Gasteiger partial charge < -0.3 is 10.6 Å². The van der Waals surface area contributed by atoms with Gasteiger partial charge in [-0.15, -0.1) is 0 Å². The molecule has 0 saturated heterocycles. The van der Waals surface area contributed by atoms with Crippen molar-refractivity contribution < 1.29 is 4.79 Å². The number of amides is 1. The van der Waals surface area contributed by atoms with Crippen LogP contribution in [0.15, 0.2) is 48.7 Å². The van der Waals surface area contributed by atoms with Gasteiger partial charge in [-0.1, -0.05) is 17.6 Å². The average Bonchev–Trinajstić information content (AvgIpc) is 2.55. The zero-order valence-corrected chi connectivity index (χ0v) is 14.0. The fourth-order valence-corrected chi connectivity index (χ4v) is 2.39. The first-order chi connectivity index (χ1) is 11.5. The van der Waals surface area contributed by atoms with E-state index in [2.05, 4.69) is 26.7 Å². The van der Waals surface area contributed by atoms with Crippen molar-refractivity contribution in [2.45, 2.75) is 19.9 Å². The van der Waals surface area contributed by atoms with Gasteiger partial charge in [-0.05, 0) is 44.2 Å². The molecule has 2 N–H and O–H groups in total. The van der Waals surface area contributed by atoms with Gasteiger partial charge in [0.05, 0.1) is 5.52 Å². The van der Waals surface area contributed by atoms with E-state index in [4.69, 9.17) is 0 Å². The summed E-state index contributed by atoms with van der Waals surface area (Å²) in [6.45, 7) is 3.87. The van der Waals surface area contributed by atoms with Gasteiger partial charge in [0, 0.05) is 28.9 Å². The minimum absolute atomic E-state index is 0.0751. The van der Waals surface area contributed by atoms with E-state index in [0.29, 0.717) is 11.5 Å². The number of nitrogens with zero attached hydrogens (tertiary/aromatic N) is 2. The third-order valence-corrected chi connectivity index (χ3v) is 3.56. The Morgan fingerprint density at radius 3 is 2.58 bits per heavy atom. The summed E-state index contributed by atoms with van der Waals surface area (Å²) in [5.41, 5.74) is 3.54. The molecular weight excluding hydrogens is 299 g/mol. The molecule has 0 aliphatic rings. The third kappa shape index (κ3) is 3.71. The van der Waals surface area contributed by atoms with E-state index < -0.39 is 0 Å². The number of rotatable bonds is 4. The minimum atomic E-state index is -0.0751. The molecule has 0 spiro atoms. The second-order valence-electron chi connectivity index (χ2n) is 6.09. The molecule has 120 valence electrons. The third-order valence-electron chi connectivity index (χ3n) is 3.56. The molecule has 0 bridgehead atoms. The van der Waals surface area contributed by atoms with Crippen molar-refractivity contribution in [3.63, 3.8) is 0 Å². The summed E-state index contributed by atoms with van der Waals surface area (Å²) < 4.78 is 0. The van der Waals surface area contributed by atoms with Gasteiger partial charge in [-0.25, -0.2) is 9.97 Å². The first-order valence-corrected chi connectivity index (χ1v) is 7.92. The lowest BCUT2D eigenvalue weighted by Gasteiger charge is -2.09. The number of hydrogen-bond donors (Lipinski definition) is 2. The van der Waals surface area contributed by atoms with Crippen molar-refractivity contribution in [2.24, 2.45) is 0 Å². The Morgan fingerprint density at radius 1 is 1.12 bits per heavy atom. The van der Waals surface area contributed by atoms with Crippen LogP contribution in [0.5, 0.6) is 0 Å². The van der Waals surface area contributed by atoms with Crippen LogP contribution in [0.2, 0.25) is 0 Å². The number of carbonyl (C=O) groups excluding carboxylic acids is 1. The molecule has 0 aliphatic heterocycles. The molecule has 6 heteroatoms. The van der Waals surface area contributed by atoms with Crippen molar-refractivity contribution in [3.05, 3.63) is 54.2 Å². The number of aromatic nitrogens is 2. The van der Waals surface area contributed by atoms with Crippen molar-refractivity contribution in [1.29, 1.82) is 0 Å². The van der Waals surface area contributed by atoms with Crippen LogP contribution in [0.4, 0.5) is 11.6 Å². The number of hydrogen-bond acceptors (Lipinski definition) is 4. The Balaban J connectivity index is 1.76.